The highest BCUT2D eigenvalue weighted by Crippen LogP contribution is 2.33. The van der Waals surface area contributed by atoms with Crippen LogP contribution in [0.3, 0.4) is 0 Å². The molecule has 2 nitrogen and oxygen atoms in total. The normalized spacial score (nSPS) is 16.6. The maximum absolute atomic E-state index is 3.68. The maximum Gasteiger partial charge on any atom is 0.00966 e. The van der Waals surface area contributed by atoms with Crippen LogP contribution in [0.15, 0.2) is 0 Å². The summed E-state index contributed by atoms with van der Waals surface area (Å²) in [7, 11) is 0. The van der Waals surface area contributed by atoms with Crippen molar-refractivity contribution in [2.45, 2.75) is 85.2 Å². The van der Waals surface area contributed by atoms with E-state index in [2.05, 4.69) is 44.8 Å². The lowest BCUT2D eigenvalue weighted by Gasteiger charge is -2.38. The van der Waals surface area contributed by atoms with Gasteiger partial charge in [-0.2, -0.15) is 0 Å². The van der Waals surface area contributed by atoms with Crippen LogP contribution in [0.1, 0.15) is 73.1 Å². The largest absolute Gasteiger partial charge is 0.314 e. The van der Waals surface area contributed by atoms with Crippen molar-refractivity contribution in [3.05, 3.63) is 0 Å². The maximum atomic E-state index is 3.68. The van der Waals surface area contributed by atoms with Gasteiger partial charge in [-0.3, -0.25) is 4.90 Å². The molecule has 0 amide bonds. The van der Waals surface area contributed by atoms with E-state index in [9.17, 15) is 0 Å². The number of rotatable bonds is 11. The van der Waals surface area contributed by atoms with Crippen molar-refractivity contribution in [1.82, 2.24) is 10.2 Å². The number of nitrogens with one attached hydrogen (secondary N) is 1. The van der Waals surface area contributed by atoms with Crippen molar-refractivity contribution in [2.24, 2.45) is 5.41 Å². The second-order valence-electron chi connectivity index (χ2n) is 6.80. The summed E-state index contributed by atoms with van der Waals surface area (Å²) in [4.78, 5) is 2.79. The minimum Gasteiger partial charge on any atom is -0.314 e. The van der Waals surface area contributed by atoms with Crippen LogP contribution in [0.5, 0.6) is 0 Å². The van der Waals surface area contributed by atoms with Gasteiger partial charge in [0.05, 0.1) is 0 Å². The number of nitrogens with zero attached hydrogens (tertiary/aromatic N) is 1. The molecular weight excluding hydrogens is 232 g/mol. The van der Waals surface area contributed by atoms with Gasteiger partial charge in [0, 0.05) is 25.2 Å². The van der Waals surface area contributed by atoms with E-state index in [0.717, 1.165) is 6.04 Å². The van der Waals surface area contributed by atoms with E-state index in [1.807, 2.05) is 0 Å². The van der Waals surface area contributed by atoms with Gasteiger partial charge < -0.3 is 5.32 Å². The third-order valence-corrected chi connectivity index (χ3v) is 4.79. The number of hydrogen-bond donors (Lipinski definition) is 1. The first-order valence-corrected chi connectivity index (χ1v) is 8.54. The van der Waals surface area contributed by atoms with Gasteiger partial charge in [0.1, 0.15) is 0 Å². The van der Waals surface area contributed by atoms with Crippen LogP contribution in [-0.4, -0.2) is 36.6 Å². The van der Waals surface area contributed by atoms with Gasteiger partial charge in [-0.05, 0) is 44.1 Å². The fraction of sp³-hybridized carbons (Fsp3) is 1.00. The van der Waals surface area contributed by atoms with Gasteiger partial charge >= 0.3 is 0 Å². The summed E-state index contributed by atoms with van der Waals surface area (Å²) in [6, 6.07) is 1.51. The topological polar surface area (TPSA) is 15.3 Å². The van der Waals surface area contributed by atoms with Crippen molar-refractivity contribution in [3.63, 3.8) is 0 Å². The van der Waals surface area contributed by atoms with Crippen LogP contribution in [-0.2, 0) is 0 Å². The van der Waals surface area contributed by atoms with Gasteiger partial charge in [0.15, 0.2) is 0 Å². The van der Waals surface area contributed by atoms with E-state index >= 15 is 0 Å². The highest BCUT2D eigenvalue weighted by molar-refractivity contribution is 4.90. The summed E-state index contributed by atoms with van der Waals surface area (Å²) >= 11 is 0. The van der Waals surface area contributed by atoms with E-state index in [1.54, 1.807) is 0 Å². The quantitative estimate of drug-likeness (QED) is 0.608. The minimum absolute atomic E-state index is 0.473. The molecule has 0 radical (unpaired) electrons. The number of unbranched alkanes of at least 4 members (excludes halogenated alkanes) is 1. The van der Waals surface area contributed by atoms with Crippen LogP contribution < -0.4 is 5.32 Å². The van der Waals surface area contributed by atoms with Gasteiger partial charge in [-0.25, -0.2) is 0 Å². The fourth-order valence-corrected chi connectivity index (χ4v) is 2.82. The summed E-state index contributed by atoms with van der Waals surface area (Å²) in [5.74, 6) is 0. The van der Waals surface area contributed by atoms with E-state index < -0.39 is 0 Å². The molecule has 1 rings (SSSR count). The van der Waals surface area contributed by atoms with Crippen molar-refractivity contribution in [3.8, 4) is 0 Å². The van der Waals surface area contributed by atoms with Crippen molar-refractivity contribution in [1.29, 1.82) is 0 Å². The van der Waals surface area contributed by atoms with Crippen LogP contribution in [0.4, 0.5) is 0 Å². The molecule has 0 aromatic carbocycles. The number of hydrogen-bond acceptors (Lipinski definition) is 2. The molecule has 1 N–H and O–H groups in total. The molecule has 19 heavy (non-hydrogen) atoms. The zero-order chi connectivity index (χ0) is 14.3. The van der Waals surface area contributed by atoms with Crippen LogP contribution in [0, 0.1) is 5.41 Å². The monoisotopic (exact) mass is 268 g/mol. The third kappa shape index (κ3) is 5.83. The highest BCUT2D eigenvalue weighted by atomic mass is 15.2. The lowest BCUT2D eigenvalue weighted by molar-refractivity contribution is 0.124. The molecule has 2 heteroatoms. The van der Waals surface area contributed by atoms with E-state index in [-0.39, 0.29) is 0 Å². The molecule has 1 saturated carbocycles. The molecule has 1 aliphatic rings. The van der Waals surface area contributed by atoms with Crippen molar-refractivity contribution < 1.29 is 0 Å². The molecule has 0 atom stereocenters. The first kappa shape index (κ1) is 17.0. The second-order valence-corrected chi connectivity index (χ2v) is 6.80. The zero-order valence-electron chi connectivity index (χ0n) is 14.0. The predicted molar refractivity (Wildman–Crippen MR) is 85.7 cm³/mol. The Bertz CT molecular complexity index is 229. The second kappa shape index (κ2) is 8.26. The van der Waals surface area contributed by atoms with E-state index in [1.165, 1.54) is 58.2 Å². The lowest BCUT2D eigenvalue weighted by Crippen LogP contribution is -2.46. The summed E-state index contributed by atoms with van der Waals surface area (Å²) in [6.07, 6.45) is 8.13. The van der Waals surface area contributed by atoms with Gasteiger partial charge in [0.2, 0.25) is 0 Å². The molecule has 0 aromatic heterocycles. The van der Waals surface area contributed by atoms with Crippen LogP contribution >= 0.6 is 0 Å². The molecule has 0 aliphatic heterocycles. The molecule has 114 valence electrons. The van der Waals surface area contributed by atoms with E-state index in [4.69, 9.17) is 0 Å². The average Bonchev–Trinajstić information content (AvgIpc) is 3.23. The lowest BCUT2D eigenvalue weighted by atomic mass is 9.81. The zero-order valence-corrected chi connectivity index (χ0v) is 14.0. The van der Waals surface area contributed by atoms with Gasteiger partial charge in [0.25, 0.3) is 0 Å². The Balaban J connectivity index is 2.57. The standard InChI is InChI=1S/C17H36N2/c1-6-9-12-19(16-10-11-16)14-17(7-2,8-3)13-18-15(4)5/h15-16,18H,6-14H2,1-5H3. The summed E-state index contributed by atoms with van der Waals surface area (Å²) in [5.41, 5.74) is 0.473. The van der Waals surface area contributed by atoms with Crippen molar-refractivity contribution >= 4 is 0 Å². The molecule has 1 aliphatic carbocycles. The SMILES string of the molecule is CCCCN(CC(CC)(CC)CNC(C)C)C1CC1. The molecule has 0 unspecified atom stereocenters. The summed E-state index contributed by atoms with van der Waals surface area (Å²) in [6.45, 7) is 15.3. The molecule has 1 fully saturated rings. The first-order chi connectivity index (χ1) is 9.06. The Kier molecular flexibility index (Phi) is 7.38. The molecular formula is C17H36N2. The van der Waals surface area contributed by atoms with Crippen LogP contribution in [0.25, 0.3) is 0 Å². The first-order valence-electron chi connectivity index (χ1n) is 8.54. The predicted octanol–water partition coefficient (Wildman–Crippen LogP) is 4.06. The average molecular weight is 268 g/mol. The highest BCUT2D eigenvalue weighted by Gasteiger charge is 2.35. The summed E-state index contributed by atoms with van der Waals surface area (Å²) < 4.78 is 0. The van der Waals surface area contributed by atoms with Crippen molar-refractivity contribution in [2.75, 3.05) is 19.6 Å². The van der Waals surface area contributed by atoms with Gasteiger partial charge in [-0.1, -0.05) is 41.0 Å². The Morgan fingerprint density at radius 2 is 1.79 bits per heavy atom. The molecule has 0 saturated heterocycles. The molecule has 0 heterocycles. The van der Waals surface area contributed by atoms with Crippen LogP contribution in [0.2, 0.25) is 0 Å². The fourth-order valence-electron chi connectivity index (χ4n) is 2.82. The Labute approximate surface area is 121 Å². The molecule has 0 aromatic rings. The van der Waals surface area contributed by atoms with E-state index in [0.29, 0.717) is 11.5 Å². The Morgan fingerprint density at radius 1 is 1.16 bits per heavy atom. The molecule has 0 spiro atoms. The minimum atomic E-state index is 0.473. The summed E-state index contributed by atoms with van der Waals surface area (Å²) in [5, 5.41) is 3.68. The Hall–Kier alpha value is -0.0800. The smallest absolute Gasteiger partial charge is 0.00966 e. The van der Waals surface area contributed by atoms with Gasteiger partial charge in [-0.15, -0.1) is 0 Å². The Morgan fingerprint density at radius 3 is 2.21 bits per heavy atom. The molecule has 0 bridgehead atoms. The third-order valence-electron chi connectivity index (χ3n) is 4.79.